The van der Waals surface area contributed by atoms with Crippen LogP contribution in [0.1, 0.15) is 6.92 Å². The molecule has 0 atom stereocenters. The summed E-state index contributed by atoms with van der Waals surface area (Å²) in [6, 6.07) is 0. The van der Waals surface area contributed by atoms with Crippen molar-refractivity contribution >= 4 is 0 Å². The molecular formula is C4H8O2. The number of allylic oxidation sites excluding steroid dienone is 1. The Morgan fingerprint density at radius 3 is 2.50 bits per heavy atom. The topological polar surface area (TPSA) is 29.5 Å². The van der Waals surface area contributed by atoms with Gasteiger partial charge in [-0.05, 0) is 6.92 Å². The van der Waals surface area contributed by atoms with E-state index in [-0.39, 0.29) is 6.79 Å². The Labute approximate surface area is 37.1 Å². The fourth-order valence-electron chi connectivity index (χ4n) is 0.110. The molecule has 0 rings (SSSR count). The minimum absolute atomic E-state index is 0.269. The van der Waals surface area contributed by atoms with Gasteiger partial charge in [-0.15, -0.1) is 0 Å². The molecule has 0 radical (unpaired) electrons. The second-order valence-electron chi connectivity index (χ2n) is 0.975. The molecule has 0 aromatic heterocycles. The molecule has 0 aliphatic carbocycles. The molecule has 0 saturated heterocycles. The molecule has 0 saturated carbocycles. The van der Waals surface area contributed by atoms with Crippen molar-refractivity contribution in [3.8, 4) is 0 Å². The molecule has 1 N–H and O–H groups in total. The van der Waals surface area contributed by atoms with E-state index in [2.05, 4.69) is 11.3 Å². The molecule has 0 aliphatic rings. The lowest BCUT2D eigenvalue weighted by Crippen LogP contribution is -1.85. The van der Waals surface area contributed by atoms with Gasteiger partial charge in [0.25, 0.3) is 0 Å². The molecule has 0 aromatic rings. The second kappa shape index (κ2) is 2.72. The molecule has 0 aliphatic heterocycles. The highest BCUT2D eigenvalue weighted by Gasteiger charge is 1.73. The van der Waals surface area contributed by atoms with E-state index in [9.17, 15) is 0 Å². The highest BCUT2D eigenvalue weighted by Crippen LogP contribution is 1.84. The molecule has 0 aromatic carbocycles. The summed E-state index contributed by atoms with van der Waals surface area (Å²) in [6.45, 7) is 4.77. The highest BCUT2D eigenvalue weighted by atomic mass is 16.6. The predicted octanol–water partition coefficient (Wildman–Crippen LogP) is 0.486. The fraction of sp³-hybridized carbons (Fsp3) is 0.500. The first-order valence-electron chi connectivity index (χ1n) is 1.66. The van der Waals surface area contributed by atoms with E-state index in [1.807, 2.05) is 0 Å². The van der Waals surface area contributed by atoms with Gasteiger partial charge in [0.2, 0.25) is 0 Å². The summed E-state index contributed by atoms with van der Waals surface area (Å²) < 4.78 is 4.40. The molecule has 0 unspecified atom stereocenters. The quantitative estimate of drug-likeness (QED) is 0.393. The maximum atomic E-state index is 7.95. The van der Waals surface area contributed by atoms with Crippen LogP contribution in [0.3, 0.4) is 0 Å². The van der Waals surface area contributed by atoms with Crippen molar-refractivity contribution in [2.75, 3.05) is 6.79 Å². The fourth-order valence-corrected chi connectivity index (χ4v) is 0.110. The van der Waals surface area contributed by atoms with Crippen LogP contribution in [0, 0.1) is 0 Å². The summed E-state index contributed by atoms with van der Waals surface area (Å²) in [4.78, 5) is 0. The van der Waals surface area contributed by atoms with Crippen LogP contribution in [-0.2, 0) is 4.74 Å². The molecule has 0 fully saturated rings. The Morgan fingerprint density at radius 2 is 2.50 bits per heavy atom. The van der Waals surface area contributed by atoms with Gasteiger partial charge in [-0.25, -0.2) is 0 Å². The van der Waals surface area contributed by atoms with Gasteiger partial charge in [0.05, 0.1) is 5.76 Å². The van der Waals surface area contributed by atoms with Crippen molar-refractivity contribution in [1.29, 1.82) is 0 Å². The van der Waals surface area contributed by atoms with Gasteiger partial charge in [-0.1, -0.05) is 6.58 Å². The maximum Gasteiger partial charge on any atom is 0.185 e. The van der Waals surface area contributed by atoms with E-state index in [0.717, 1.165) is 0 Å². The van der Waals surface area contributed by atoms with Gasteiger partial charge < -0.3 is 9.84 Å². The average Bonchev–Trinajstić information content (AvgIpc) is 1.35. The Kier molecular flexibility index (Phi) is 2.50. The Balaban J connectivity index is 2.83. The van der Waals surface area contributed by atoms with E-state index in [1.54, 1.807) is 6.92 Å². The van der Waals surface area contributed by atoms with Gasteiger partial charge >= 0.3 is 0 Å². The van der Waals surface area contributed by atoms with Crippen molar-refractivity contribution in [2.45, 2.75) is 6.92 Å². The van der Waals surface area contributed by atoms with Crippen molar-refractivity contribution in [3.05, 3.63) is 12.3 Å². The summed E-state index contributed by atoms with van der Waals surface area (Å²) >= 11 is 0. The van der Waals surface area contributed by atoms with Crippen LogP contribution in [0.5, 0.6) is 0 Å². The van der Waals surface area contributed by atoms with Crippen LogP contribution in [0.2, 0.25) is 0 Å². The Morgan fingerprint density at radius 1 is 2.00 bits per heavy atom. The Hall–Kier alpha value is -0.500. The van der Waals surface area contributed by atoms with Crippen LogP contribution < -0.4 is 0 Å². The highest BCUT2D eigenvalue weighted by molar-refractivity contribution is 4.71. The standard InChI is InChI=1S/C4H8O2/c1-4(2)6-3-5/h5H,1,3H2,2H3. The number of hydrogen-bond acceptors (Lipinski definition) is 2. The molecule has 0 heterocycles. The summed E-state index contributed by atoms with van der Waals surface area (Å²) in [7, 11) is 0. The summed E-state index contributed by atoms with van der Waals surface area (Å²) in [5, 5.41) is 7.95. The monoisotopic (exact) mass is 88.1 g/mol. The maximum absolute atomic E-state index is 7.95. The van der Waals surface area contributed by atoms with Crippen LogP contribution in [0.15, 0.2) is 12.3 Å². The second-order valence-corrected chi connectivity index (χ2v) is 0.975. The van der Waals surface area contributed by atoms with Crippen LogP contribution in [0.4, 0.5) is 0 Å². The van der Waals surface area contributed by atoms with E-state index >= 15 is 0 Å². The minimum atomic E-state index is -0.269. The van der Waals surface area contributed by atoms with Crippen molar-refractivity contribution < 1.29 is 9.84 Å². The first-order valence-corrected chi connectivity index (χ1v) is 1.66. The van der Waals surface area contributed by atoms with E-state index < -0.39 is 0 Å². The number of aliphatic hydroxyl groups excluding tert-OH is 1. The zero-order valence-corrected chi connectivity index (χ0v) is 3.77. The van der Waals surface area contributed by atoms with Crippen LogP contribution in [-0.4, -0.2) is 11.9 Å². The third-order valence-corrected chi connectivity index (χ3v) is 0.311. The first kappa shape index (κ1) is 5.50. The molecule has 36 valence electrons. The number of ether oxygens (including phenoxy) is 1. The largest absolute Gasteiger partial charge is 0.473 e. The lowest BCUT2D eigenvalue weighted by atomic mass is 10.7. The van der Waals surface area contributed by atoms with Gasteiger partial charge in [-0.2, -0.15) is 0 Å². The molecule has 6 heavy (non-hydrogen) atoms. The normalized spacial score (nSPS) is 7.67. The van der Waals surface area contributed by atoms with Crippen molar-refractivity contribution in [2.24, 2.45) is 0 Å². The van der Waals surface area contributed by atoms with E-state index in [0.29, 0.717) is 5.76 Å². The van der Waals surface area contributed by atoms with Crippen LogP contribution >= 0.6 is 0 Å². The third-order valence-electron chi connectivity index (χ3n) is 0.311. The zero-order chi connectivity index (χ0) is 4.99. The smallest absolute Gasteiger partial charge is 0.185 e. The lowest BCUT2D eigenvalue weighted by Gasteiger charge is -1.94. The average molecular weight is 88.1 g/mol. The van der Waals surface area contributed by atoms with E-state index in [4.69, 9.17) is 5.11 Å². The number of hydrogen-bond donors (Lipinski definition) is 1. The van der Waals surface area contributed by atoms with Gasteiger partial charge in [0, 0.05) is 0 Å². The Bertz CT molecular complexity index is 49.5. The van der Waals surface area contributed by atoms with Gasteiger partial charge in [-0.3, -0.25) is 0 Å². The molecule has 0 bridgehead atoms. The zero-order valence-electron chi connectivity index (χ0n) is 3.77. The summed E-state index contributed by atoms with van der Waals surface area (Å²) in [5.41, 5.74) is 0. The lowest BCUT2D eigenvalue weighted by molar-refractivity contribution is 0.0438. The molecule has 2 nitrogen and oxygen atoms in total. The minimum Gasteiger partial charge on any atom is -0.473 e. The van der Waals surface area contributed by atoms with Gasteiger partial charge in [0.1, 0.15) is 0 Å². The molecule has 0 amide bonds. The van der Waals surface area contributed by atoms with Crippen molar-refractivity contribution in [1.82, 2.24) is 0 Å². The third kappa shape index (κ3) is 3.50. The molecule has 2 heteroatoms. The van der Waals surface area contributed by atoms with Crippen molar-refractivity contribution in [3.63, 3.8) is 0 Å². The SMILES string of the molecule is C=C(C)OCO. The molecule has 0 spiro atoms. The first-order chi connectivity index (χ1) is 2.77. The summed E-state index contributed by atoms with van der Waals surface area (Å²) in [6.07, 6.45) is 0. The summed E-state index contributed by atoms with van der Waals surface area (Å²) in [5.74, 6) is 0.539. The number of rotatable bonds is 2. The molecular weight excluding hydrogens is 80.0 g/mol. The number of aliphatic hydroxyl groups is 1. The van der Waals surface area contributed by atoms with Gasteiger partial charge in [0.15, 0.2) is 6.79 Å². The van der Waals surface area contributed by atoms with E-state index in [1.165, 1.54) is 0 Å². The predicted molar refractivity (Wildman–Crippen MR) is 23.0 cm³/mol. The van der Waals surface area contributed by atoms with Crippen LogP contribution in [0.25, 0.3) is 0 Å².